The molecule has 0 aliphatic rings. The summed E-state index contributed by atoms with van der Waals surface area (Å²) in [6.07, 6.45) is 4.45. The predicted octanol–water partition coefficient (Wildman–Crippen LogP) is 1.08. The number of rotatable bonds is 4. The second-order valence-electron chi connectivity index (χ2n) is 3.44. The molecule has 0 amide bonds. The maximum Gasteiger partial charge on any atom is 0.253 e. The molecule has 2 rings (SSSR count). The smallest absolute Gasteiger partial charge is 0.253 e. The van der Waals surface area contributed by atoms with E-state index in [2.05, 4.69) is 15.0 Å². The van der Waals surface area contributed by atoms with Crippen LogP contribution >= 0.6 is 11.8 Å². The first kappa shape index (κ1) is 11.7. The summed E-state index contributed by atoms with van der Waals surface area (Å²) >= 11 is 1.47. The number of pyridine rings is 1. The van der Waals surface area contributed by atoms with Crippen molar-refractivity contribution in [2.75, 3.05) is 11.5 Å². The summed E-state index contributed by atoms with van der Waals surface area (Å²) in [4.78, 5) is 21.9. The number of aromatic nitrogens is 3. The van der Waals surface area contributed by atoms with Crippen molar-refractivity contribution in [1.29, 1.82) is 0 Å². The molecule has 0 radical (unpaired) electrons. The summed E-state index contributed by atoms with van der Waals surface area (Å²) < 4.78 is 0. The van der Waals surface area contributed by atoms with Gasteiger partial charge in [0.2, 0.25) is 0 Å². The van der Waals surface area contributed by atoms with E-state index in [1.54, 1.807) is 6.20 Å². The van der Waals surface area contributed by atoms with Gasteiger partial charge in [0.05, 0.1) is 0 Å². The van der Waals surface area contributed by atoms with Crippen molar-refractivity contribution < 1.29 is 0 Å². The normalized spacial score (nSPS) is 10.4. The van der Waals surface area contributed by atoms with Crippen molar-refractivity contribution in [3.8, 4) is 0 Å². The standard InChI is InChI=1S/C11H12N4OS/c12-9-6-10(16)15-11(14-9)17-5-3-8-2-1-4-13-7-8/h1-2,4,6-7H,3,5H2,(H3,12,14,15,16). The molecule has 17 heavy (non-hydrogen) atoms. The van der Waals surface area contributed by atoms with Gasteiger partial charge in [0.1, 0.15) is 5.82 Å². The summed E-state index contributed by atoms with van der Waals surface area (Å²) in [6, 6.07) is 5.19. The van der Waals surface area contributed by atoms with Crippen LogP contribution in [0.25, 0.3) is 0 Å². The topological polar surface area (TPSA) is 84.7 Å². The molecule has 0 fully saturated rings. The van der Waals surface area contributed by atoms with Gasteiger partial charge in [-0.15, -0.1) is 0 Å². The molecule has 0 saturated carbocycles. The monoisotopic (exact) mass is 248 g/mol. The van der Waals surface area contributed by atoms with Gasteiger partial charge in [0.25, 0.3) is 5.56 Å². The summed E-state index contributed by atoms with van der Waals surface area (Å²) in [7, 11) is 0. The lowest BCUT2D eigenvalue weighted by molar-refractivity contribution is 0.942. The van der Waals surface area contributed by atoms with Crippen LogP contribution in [0.4, 0.5) is 5.82 Å². The Hall–Kier alpha value is -1.82. The Morgan fingerprint density at radius 2 is 2.35 bits per heavy atom. The first-order valence-corrected chi connectivity index (χ1v) is 6.11. The Morgan fingerprint density at radius 1 is 1.47 bits per heavy atom. The molecule has 0 spiro atoms. The molecule has 6 heteroatoms. The average Bonchev–Trinajstić information content (AvgIpc) is 2.29. The molecule has 2 aromatic heterocycles. The first-order valence-electron chi connectivity index (χ1n) is 5.12. The van der Waals surface area contributed by atoms with E-state index in [9.17, 15) is 4.79 Å². The molecule has 2 heterocycles. The fraction of sp³-hybridized carbons (Fsp3) is 0.182. The number of H-pyrrole nitrogens is 1. The van der Waals surface area contributed by atoms with Gasteiger partial charge in [-0.1, -0.05) is 17.8 Å². The lowest BCUT2D eigenvalue weighted by atomic mass is 10.2. The number of thioether (sulfide) groups is 1. The third kappa shape index (κ3) is 3.60. The van der Waals surface area contributed by atoms with Crippen molar-refractivity contribution in [2.24, 2.45) is 0 Å². The third-order valence-electron chi connectivity index (χ3n) is 2.09. The van der Waals surface area contributed by atoms with Gasteiger partial charge in [0, 0.05) is 24.2 Å². The fourth-order valence-corrected chi connectivity index (χ4v) is 2.21. The zero-order chi connectivity index (χ0) is 12.1. The van der Waals surface area contributed by atoms with Crippen molar-refractivity contribution in [1.82, 2.24) is 15.0 Å². The predicted molar refractivity (Wildman–Crippen MR) is 67.9 cm³/mol. The van der Waals surface area contributed by atoms with Gasteiger partial charge in [-0.2, -0.15) is 0 Å². The molecular weight excluding hydrogens is 236 g/mol. The maximum absolute atomic E-state index is 11.1. The molecular formula is C11H12N4OS. The van der Waals surface area contributed by atoms with Crippen LogP contribution in [0, 0.1) is 0 Å². The van der Waals surface area contributed by atoms with Crippen LogP contribution in [0.3, 0.4) is 0 Å². The van der Waals surface area contributed by atoms with Crippen LogP contribution in [0.1, 0.15) is 5.56 Å². The van der Waals surface area contributed by atoms with E-state index in [-0.39, 0.29) is 11.4 Å². The Morgan fingerprint density at radius 3 is 3.06 bits per heavy atom. The number of nitrogen functional groups attached to an aromatic ring is 1. The van der Waals surface area contributed by atoms with Gasteiger partial charge in [-0.3, -0.25) is 9.78 Å². The second kappa shape index (κ2) is 5.49. The SMILES string of the molecule is Nc1cc(=O)[nH]c(SCCc2cccnc2)n1. The summed E-state index contributed by atoms with van der Waals surface area (Å²) in [5.74, 6) is 1.07. The molecule has 0 aromatic carbocycles. The molecule has 0 aliphatic heterocycles. The Bertz CT molecular complexity index is 541. The van der Waals surface area contributed by atoms with Gasteiger partial charge < -0.3 is 10.7 Å². The number of hydrogen-bond acceptors (Lipinski definition) is 5. The van der Waals surface area contributed by atoms with Crippen LogP contribution in [-0.2, 0) is 6.42 Å². The molecule has 0 bridgehead atoms. The van der Waals surface area contributed by atoms with E-state index in [1.165, 1.54) is 17.8 Å². The number of hydrogen-bond donors (Lipinski definition) is 2. The molecule has 5 nitrogen and oxygen atoms in total. The third-order valence-corrected chi connectivity index (χ3v) is 2.97. The fourth-order valence-electron chi connectivity index (χ4n) is 1.33. The zero-order valence-corrected chi connectivity index (χ0v) is 9.91. The number of aromatic amines is 1. The van der Waals surface area contributed by atoms with Crippen LogP contribution < -0.4 is 11.3 Å². The number of anilines is 1. The maximum atomic E-state index is 11.1. The lowest BCUT2D eigenvalue weighted by Crippen LogP contribution is -2.09. The van der Waals surface area contributed by atoms with Crippen LogP contribution in [0.5, 0.6) is 0 Å². The highest BCUT2D eigenvalue weighted by Gasteiger charge is 2.00. The molecule has 0 atom stereocenters. The lowest BCUT2D eigenvalue weighted by Gasteiger charge is -2.01. The summed E-state index contributed by atoms with van der Waals surface area (Å²) in [5, 5.41) is 0.555. The number of nitrogens with one attached hydrogen (secondary N) is 1. The van der Waals surface area contributed by atoms with E-state index in [0.717, 1.165) is 17.7 Å². The molecule has 88 valence electrons. The number of nitrogens with two attached hydrogens (primary N) is 1. The summed E-state index contributed by atoms with van der Waals surface area (Å²) in [5.41, 5.74) is 6.43. The van der Waals surface area contributed by atoms with Gasteiger partial charge in [-0.25, -0.2) is 4.98 Å². The number of aryl methyl sites for hydroxylation is 1. The Kier molecular flexibility index (Phi) is 3.77. The zero-order valence-electron chi connectivity index (χ0n) is 9.09. The average molecular weight is 248 g/mol. The van der Waals surface area contributed by atoms with Crippen LogP contribution in [0.2, 0.25) is 0 Å². The highest BCUT2D eigenvalue weighted by molar-refractivity contribution is 7.99. The number of nitrogens with zero attached hydrogens (tertiary/aromatic N) is 2. The minimum absolute atomic E-state index is 0.221. The molecule has 3 N–H and O–H groups in total. The van der Waals surface area contributed by atoms with Gasteiger partial charge in [0.15, 0.2) is 5.16 Å². The molecule has 0 aliphatic carbocycles. The van der Waals surface area contributed by atoms with Crippen molar-refractivity contribution >= 4 is 17.6 Å². The van der Waals surface area contributed by atoms with E-state index in [1.807, 2.05) is 18.3 Å². The molecule has 0 saturated heterocycles. The molecule has 2 aromatic rings. The van der Waals surface area contributed by atoms with Crippen molar-refractivity contribution in [3.05, 3.63) is 46.5 Å². The van der Waals surface area contributed by atoms with Crippen LogP contribution in [-0.4, -0.2) is 20.7 Å². The van der Waals surface area contributed by atoms with Gasteiger partial charge in [-0.05, 0) is 18.1 Å². The second-order valence-corrected chi connectivity index (χ2v) is 4.52. The highest BCUT2D eigenvalue weighted by Crippen LogP contribution is 2.13. The quantitative estimate of drug-likeness (QED) is 0.624. The van der Waals surface area contributed by atoms with Crippen LogP contribution in [0.15, 0.2) is 40.5 Å². The van der Waals surface area contributed by atoms with E-state index < -0.39 is 0 Å². The van der Waals surface area contributed by atoms with Crippen molar-refractivity contribution in [2.45, 2.75) is 11.6 Å². The highest BCUT2D eigenvalue weighted by atomic mass is 32.2. The van der Waals surface area contributed by atoms with Gasteiger partial charge >= 0.3 is 0 Å². The summed E-state index contributed by atoms with van der Waals surface area (Å²) in [6.45, 7) is 0. The Labute approximate surface area is 103 Å². The van der Waals surface area contributed by atoms with E-state index >= 15 is 0 Å². The Balaban J connectivity index is 1.92. The minimum atomic E-state index is -0.221. The largest absolute Gasteiger partial charge is 0.383 e. The molecule has 0 unspecified atom stereocenters. The van der Waals surface area contributed by atoms with E-state index in [4.69, 9.17) is 5.73 Å². The van der Waals surface area contributed by atoms with E-state index in [0.29, 0.717) is 5.16 Å². The minimum Gasteiger partial charge on any atom is -0.383 e. The van der Waals surface area contributed by atoms with Crippen molar-refractivity contribution in [3.63, 3.8) is 0 Å². The first-order chi connectivity index (χ1) is 8.24.